The molecule has 3 aromatic carbocycles. The monoisotopic (exact) mass is 313 g/mol. The number of rotatable bonds is 3. The number of aromatic nitrogens is 3. The Hall–Kier alpha value is -3.27. The molecule has 4 heteroatoms. The van der Waals surface area contributed by atoms with E-state index in [1.807, 2.05) is 54.6 Å². The van der Waals surface area contributed by atoms with Crippen molar-refractivity contribution in [3.05, 3.63) is 78.5 Å². The van der Waals surface area contributed by atoms with E-state index in [1.54, 1.807) is 4.68 Å². The molecule has 0 spiro atoms. The molecule has 1 heterocycles. The third-order valence-electron chi connectivity index (χ3n) is 4.05. The molecule has 0 amide bonds. The lowest BCUT2D eigenvalue weighted by molar-refractivity contribution is 0.101. The fraction of sp³-hybridized carbons (Fsp3) is 0.0500. The van der Waals surface area contributed by atoms with Crippen LogP contribution in [0.25, 0.3) is 27.7 Å². The first-order chi connectivity index (χ1) is 11.8. The summed E-state index contributed by atoms with van der Waals surface area (Å²) < 4.78 is 1.76. The lowest BCUT2D eigenvalue weighted by atomic mass is 10.1. The summed E-state index contributed by atoms with van der Waals surface area (Å²) in [5.74, 6) is -0.0969. The highest BCUT2D eigenvalue weighted by molar-refractivity contribution is 5.99. The molecule has 0 aliphatic carbocycles. The normalized spacial score (nSPS) is 10.9. The smallest absolute Gasteiger partial charge is 0.182 e. The predicted molar refractivity (Wildman–Crippen MR) is 94.3 cm³/mol. The summed E-state index contributed by atoms with van der Waals surface area (Å²) in [5.41, 5.74) is 2.93. The molecule has 4 aromatic rings. The molecule has 0 fully saturated rings. The zero-order chi connectivity index (χ0) is 16.5. The Kier molecular flexibility index (Phi) is 3.43. The third kappa shape index (κ3) is 2.29. The second kappa shape index (κ2) is 5.74. The third-order valence-corrected chi connectivity index (χ3v) is 4.05. The van der Waals surface area contributed by atoms with Gasteiger partial charge in [0.25, 0.3) is 0 Å². The molecule has 1 aromatic heterocycles. The van der Waals surface area contributed by atoms with Crippen molar-refractivity contribution in [2.75, 3.05) is 0 Å². The van der Waals surface area contributed by atoms with Crippen molar-refractivity contribution in [1.29, 1.82) is 0 Å². The number of carbonyl (C=O) groups excluding carboxylic acids is 1. The van der Waals surface area contributed by atoms with Crippen LogP contribution in [0, 0.1) is 0 Å². The van der Waals surface area contributed by atoms with Crippen LogP contribution in [-0.2, 0) is 0 Å². The van der Waals surface area contributed by atoms with Gasteiger partial charge in [-0.2, -0.15) is 0 Å². The zero-order valence-corrected chi connectivity index (χ0v) is 13.2. The van der Waals surface area contributed by atoms with Crippen molar-refractivity contribution in [1.82, 2.24) is 15.0 Å². The van der Waals surface area contributed by atoms with Crippen LogP contribution in [0.4, 0.5) is 0 Å². The SMILES string of the molecule is CC(=O)c1nnn(-c2cccc3ccccc23)c1-c1ccccc1. The molecule has 0 bridgehead atoms. The highest BCUT2D eigenvalue weighted by atomic mass is 16.1. The second-order valence-electron chi connectivity index (χ2n) is 5.62. The van der Waals surface area contributed by atoms with E-state index >= 15 is 0 Å². The fourth-order valence-corrected chi connectivity index (χ4v) is 2.94. The maximum absolute atomic E-state index is 12.0. The lowest BCUT2D eigenvalue weighted by Crippen LogP contribution is -2.02. The molecule has 0 radical (unpaired) electrons. The van der Waals surface area contributed by atoms with Crippen molar-refractivity contribution < 1.29 is 4.79 Å². The van der Waals surface area contributed by atoms with Gasteiger partial charge in [-0.25, -0.2) is 4.68 Å². The van der Waals surface area contributed by atoms with Gasteiger partial charge in [0.1, 0.15) is 5.69 Å². The Morgan fingerprint density at radius 1 is 0.875 bits per heavy atom. The molecule has 0 aliphatic heterocycles. The van der Waals surface area contributed by atoms with E-state index in [1.165, 1.54) is 6.92 Å². The van der Waals surface area contributed by atoms with E-state index in [-0.39, 0.29) is 5.78 Å². The molecular formula is C20H15N3O. The molecule has 0 unspecified atom stereocenters. The molecule has 0 N–H and O–H groups in total. The standard InChI is InChI=1S/C20H15N3O/c1-14(24)19-20(16-9-3-2-4-10-16)23(22-21-19)18-13-7-11-15-8-5-6-12-17(15)18/h2-13H,1H3. The van der Waals surface area contributed by atoms with Crippen molar-refractivity contribution in [3.8, 4) is 16.9 Å². The Bertz CT molecular complexity index is 1030. The Morgan fingerprint density at radius 2 is 1.58 bits per heavy atom. The van der Waals surface area contributed by atoms with Crippen LogP contribution in [0.2, 0.25) is 0 Å². The fourth-order valence-electron chi connectivity index (χ4n) is 2.94. The van der Waals surface area contributed by atoms with Gasteiger partial charge < -0.3 is 0 Å². The molecule has 0 atom stereocenters. The number of nitrogens with zero attached hydrogens (tertiary/aromatic N) is 3. The summed E-state index contributed by atoms with van der Waals surface area (Å²) in [6.45, 7) is 1.52. The number of hydrogen-bond donors (Lipinski definition) is 0. The van der Waals surface area contributed by atoms with Crippen molar-refractivity contribution >= 4 is 16.6 Å². The minimum atomic E-state index is -0.0969. The van der Waals surface area contributed by atoms with Gasteiger partial charge in [0, 0.05) is 17.9 Å². The first-order valence-corrected chi connectivity index (χ1v) is 7.76. The van der Waals surface area contributed by atoms with Gasteiger partial charge in [-0.15, -0.1) is 5.10 Å². The van der Waals surface area contributed by atoms with Gasteiger partial charge in [0.05, 0.1) is 5.69 Å². The Balaban J connectivity index is 2.04. The summed E-state index contributed by atoms with van der Waals surface area (Å²) in [7, 11) is 0. The van der Waals surface area contributed by atoms with Gasteiger partial charge in [0.2, 0.25) is 0 Å². The number of benzene rings is 3. The summed E-state index contributed by atoms with van der Waals surface area (Å²) in [5, 5.41) is 10.6. The maximum atomic E-state index is 12.0. The number of fused-ring (bicyclic) bond motifs is 1. The van der Waals surface area contributed by atoms with Gasteiger partial charge >= 0.3 is 0 Å². The summed E-state index contributed by atoms with van der Waals surface area (Å²) in [6, 6.07) is 23.9. The van der Waals surface area contributed by atoms with Crippen LogP contribution in [-0.4, -0.2) is 20.8 Å². The molecule has 4 rings (SSSR count). The quantitative estimate of drug-likeness (QED) is 0.530. The minimum absolute atomic E-state index is 0.0969. The molecule has 0 aliphatic rings. The first kappa shape index (κ1) is 14.3. The molecule has 24 heavy (non-hydrogen) atoms. The van der Waals surface area contributed by atoms with E-state index in [0.29, 0.717) is 5.69 Å². The van der Waals surface area contributed by atoms with Crippen LogP contribution >= 0.6 is 0 Å². The highest BCUT2D eigenvalue weighted by Gasteiger charge is 2.20. The van der Waals surface area contributed by atoms with Crippen LogP contribution < -0.4 is 0 Å². The maximum Gasteiger partial charge on any atom is 0.182 e. The van der Waals surface area contributed by atoms with E-state index in [2.05, 4.69) is 28.5 Å². The van der Waals surface area contributed by atoms with E-state index in [4.69, 9.17) is 0 Å². The molecule has 116 valence electrons. The Labute approximate surface area is 139 Å². The van der Waals surface area contributed by atoms with Crippen LogP contribution in [0.5, 0.6) is 0 Å². The molecule has 0 saturated carbocycles. The first-order valence-electron chi connectivity index (χ1n) is 7.76. The van der Waals surface area contributed by atoms with Crippen LogP contribution in [0.1, 0.15) is 17.4 Å². The summed E-state index contributed by atoms with van der Waals surface area (Å²) >= 11 is 0. The molecule has 4 nitrogen and oxygen atoms in total. The Morgan fingerprint density at radius 3 is 2.38 bits per heavy atom. The average Bonchev–Trinajstić information content (AvgIpc) is 3.07. The van der Waals surface area contributed by atoms with Crippen molar-refractivity contribution in [2.24, 2.45) is 0 Å². The van der Waals surface area contributed by atoms with Crippen molar-refractivity contribution in [3.63, 3.8) is 0 Å². The van der Waals surface area contributed by atoms with Gasteiger partial charge in [0.15, 0.2) is 11.5 Å². The summed E-state index contributed by atoms with van der Waals surface area (Å²) in [4.78, 5) is 12.0. The molecular weight excluding hydrogens is 298 g/mol. The van der Waals surface area contributed by atoms with E-state index < -0.39 is 0 Å². The van der Waals surface area contributed by atoms with Crippen molar-refractivity contribution in [2.45, 2.75) is 6.92 Å². The predicted octanol–water partition coefficient (Wildman–Crippen LogP) is 4.29. The van der Waals surface area contributed by atoms with E-state index in [0.717, 1.165) is 27.7 Å². The van der Waals surface area contributed by atoms with Gasteiger partial charge in [-0.3, -0.25) is 4.79 Å². The van der Waals surface area contributed by atoms with Gasteiger partial charge in [-0.1, -0.05) is 71.9 Å². The second-order valence-corrected chi connectivity index (χ2v) is 5.62. The lowest BCUT2D eigenvalue weighted by Gasteiger charge is -2.10. The zero-order valence-electron chi connectivity index (χ0n) is 13.2. The van der Waals surface area contributed by atoms with Gasteiger partial charge in [-0.05, 0) is 11.5 Å². The van der Waals surface area contributed by atoms with E-state index in [9.17, 15) is 4.79 Å². The molecule has 0 saturated heterocycles. The number of Topliss-reactive ketones (excluding diaryl/α,β-unsaturated/α-hetero) is 1. The van der Waals surface area contributed by atoms with Crippen LogP contribution in [0.15, 0.2) is 72.8 Å². The van der Waals surface area contributed by atoms with Crippen LogP contribution in [0.3, 0.4) is 0 Å². The summed E-state index contributed by atoms with van der Waals surface area (Å²) in [6.07, 6.45) is 0. The largest absolute Gasteiger partial charge is 0.293 e. The number of carbonyl (C=O) groups is 1. The topological polar surface area (TPSA) is 47.8 Å². The minimum Gasteiger partial charge on any atom is -0.293 e. The number of hydrogen-bond acceptors (Lipinski definition) is 3. The highest BCUT2D eigenvalue weighted by Crippen LogP contribution is 2.29. The number of ketones is 1. The average molecular weight is 313 g/mol.